The van der Waals surface area contributed by atoms with Gasteiger partial charge in [0.2, 0.25) is 11.8 Å². The number of carboxylic acids is 1. The van der Waals surface area contributed by atoms with E-state index in [0.29, 0.717) is 6.42 Å². The minimum atomic E-state index is -1.05. The maximum absolute atomic E-state index is 12.5. The highest BCUT2D eigenvalue weighted by Crippen LogP contribution is 2.16. The summed E-state index contributed by atoms with van der Waals surface area (Å²) in [4.78, 5) is 36.7. The fourth-order valence-corrected chi connectivity index (χ4v) is 2.16. The summed E-state index contributed by atoms with van der Waals surface area (Å²) in [6.07, 6.45) is 1.37. The molecule has 0 rings (SSSR count). The molecule has 0 aliphatic rings. The Balaban J connectivity index is 5.20. The Morgan fingerprint density at radius 1 is 1.10 bits per heavy atom. The van der Waals surface area contributed by atoms with E-state index in [4.69, 9.17) is 0 Å². The number of likely N-dealkylation sites (N-methyl/N-ethyl adjacent to an activating group) is 1. The first kappa shape index (κ1) is 19.4. The van der Waals surface area contributed by atoms with Crippen LogP contribution in [0.4, 0.5) is 0 Å². The Morgan fingerprint density at radius 3 is 1.90 bits per heavy atom. The maximum Gasteiger partial charge on any atom is 0.326 e. The molecule has 21 heavy (non-hydrogen) atoms. The summed E-state index contributed by atoms with van der Waals surface area (Å²) >= 11 is 0. The van der Waals surface area contributed by atoms with Gasteiger partial charge in [0.05, 0.1) is 0 Å². The highest BCUT2D eigenvalue weighted by Gasteiger charge is 2.33. The van der Waals surface area contributed by atoms with Crippen molar-refractivity contribution >= 4 is 17.8 Å². The highest BCUT2D eigenvalue weighted by atomic mass is 16.4. The van der Waals surface area contributed by atoms with E-state index in [1.807, 2.05) is 20.8 Å². The number of carbonyl (C=O) groups excluding carboxylic acids is 2. The summed E-state index contributed by atoms with van der Waals surface area (Å²) in [7, 11) is 1.57. The zero-order valence-electron chi connectivity index (χ0n) is 13.8. The Bertz CT molecular complexity index is 384. The van der Waals surface area contributed by atoms with Crippen molar-refractivity contribution in [2.24, 2.45) is 11.8 Å². The first-order chi connectivity index (χ1) is 9.67. The topological polar surface area (TPSA) is 86.7 Å². The van der Waals surface area contributed by atoms with Crippen molar-refractivity contribution in [1.82, 2.24) is 10.2 Å². The number of nitrogens with zero attached hydrogens (tertiary/aromatic N) is 1. The van der Waals surface area contributed by atoms with Gasteiger partial charge in [-0.2, -0.15) is 0 Å². The molecule has 0 bridgehead atoms. The molecule has 2 N–H and O–H groups in total. The summed E-state index contributed by atoms with van der Waals surface area (Å²) in [6, 6.07) is -1.59. The smallest absolute Gasteiger partial charge is 0.326 e. The van der Waals surface area contributed by atoms with Crippen LogP contribution in [0.15, 0.2) is 0 Å². The van der Waals surface area contributed by atoms with Crippen LogP contribution in [0.1, 0.15) is 47.5 Å². The Kier molecular flexibility index (Phi) is 7.99. The predicted octanol–water partition coefficient (Wildman–Crippen LogP) is 1.49. The summed E-state index contributed by atoms with van der Waals surface area (Å²) < 4.78 is 0. The lowest BCUT2D eigenvalue weighted by Gasteiger charge is -2.32. The van der Waals surface area contributed by atoms with Crippen LogP contribution in [0.25, 0.3) is 0 Å². The number of rotatable bonds is 8. The van der Waals surface area contributed by atoms with Gasteiger partial charge in [0.15, 0.2) is 0 Å². The minimum Gasteiger partial charge on any atom is -0.480 e. The molecule has 0 aliphatic carbocycles. The average Bonchev–Trinajstić information content (AvgIpc) is 2.43. The first-order valence-corrected chi connectivity index (χ1v) is 7.43. The van der Waals surface area contributed by atoms with Gasteiger partial charge in [0.25, 0.3) is 0 Å². The zero-order chi connectivity index (χ0) is 16.7. The normalized spacial score (nSPS) is 16.5. The second kappa shape index (κ2) is 8.64. The van der Waals surface area contributed by atoms with Gasteiger partial charge in [-0.3, -0.25) is 9.59 Å². The van der Waals surface area contributed by atoms with Crippen LogP contribution >= 0.6 is 0 Å². The Morgan fingerprint density at radius 2 is 1.57 bits per heavy atom. The van der Waals surface area contributed by atoms with Gasteiger partial charge in [-0.25, -0.2) is 4.79 Å². The number of carboxylic acid groups (broad SMARTS) is 1. The summed E-state index contributed by atoms with van der Waals surface area (Å²) in [5.74, 6) is -1.90. The molecular weight excluding hydrogens is 272 g/mol. The molecule has 0 aromatic rings. The van der Waals surface area contributed by atoms with Gasteiger partial charge in [0.1, 0.15) is 12.1 Å². The fraction of sp³-hybridized carbons (Fsp3) is 0.800. The molecule has 0 aliphatic heterocycles. The number of nitrogens with one attached hydrogen (secondary N) is 1. The van der Waals surface area contributed by atoms with E-state index < -0.39 is 24.0 Å². The van der Waals surface area contributed by atoms with Crippen LogP contribution < -0.4 is 5.32 Å². The van der Waals surface area contributed by atoms with Crippen molar-refractivity contribution in [2.45, 2.75) is 59.5 Å². The van der Waals surface area contributed by atoms with Crippen LogP contribution in [0.2, 0.25) is 0 Å². The van der Waals surface area contributed by atoms with Crippen LogP contribution in [0, 0.1) is 11.8 Å². The lowest BCUT2D eigenvalue weighted by Crippen LogP contribution is -2.55. The Labute approximate surface area is 126 Å². The summed E-state index contributed by atoms with van der Waals surface area (Å²) in [5, 5.41) is 11.8. The molecule has 0 saturated carbocycles. The second-order valence-corrected chi connectivity index (χ2v) is 5.67. The number of carbonyl (C=O) groups is 3. The van der Waals surface area contributed by atoms with Crippen molar-refractivity contribution in [1.29, 1.82) is 0 Å². The maximum atomic E-state index is 12.5. The molecule has 0 heterocycles. The quantitative estimate of drug-likeness (QED) is 0.711. The number of amides is 2. The molecule has 0 saturated heterocycles. The molecule has 0 aromatic carbocycles. The monoisotopic (exact) mass is 300 g/mol. The molecule has 0 radical (unpaired) electrons. The van der Waals surface area contributed by atoms with Crippen LogP contribution in [0.3, 0.4) is 0 Å². The molecule has 6 nitrogen and oxygen atoms in total. The third-order valence-electron chi connectivity index (χ3n) is 4.14. The summed E-state index contributed by atoms with van der Waals surface area (Å²) in [5.41, 5.74) is 0. The number of hydrogen-bond donors (Lipinski definition) is 2. The highest BCUT2D eigenvalue weighted by molar-refractivity contribution is 5.90. The predicted molar refractivity (Wildman–Crippen MR) is 80.7 cm³/mol. The summed E-state index contributed by atoms with van der Waals surface area (Å²) in [6.45, 7) is 8.86. The molecule has 6 heteroatoms. The second-order valence-electron chi connectivity index (χ2n) is 5.67. The Hall–Kier alpha value is -1.59. The lowest BCUT2D eigenvalue weighted by molar-refractivity contribution is -0.146. The molecular formula is C15H28N2O4. The van der Waals surface area contributed by atoms with E-state index in [0.717, 1.165) is 6.42 Å². The van der Waals surface area contributed by atoms with Crippen LogP contribution in [0.5, 0.6) is 0 Å². The third kappa shape index (κ3) is 5.36. The van der Waals surface area contributed by atoms with Gasteiger partial charge >= 0.3 is 5.97 Å². The van der Waals surface area contributed by atoms with Gasteiger partial charge in [-0.1, -0.05) is 40.5 Å². The minimum absolute atomic E-state index is 0.0507. The number of aliphatic carboxylic acids is 1. The van der Waals surface area contributed by atoms with Gasteiger partial charge in [-0.15, -0.1) is 0 Å². The first-order valence-electron chi connectivity index (χ1n) is 7.43. The SMILES string of the molecule is CC[C@H](C)[C@H](NC(=O)[C@H]([C@@H](C)CC)N(C)C(C)=O)C(=O)O. The molecule has 0 spiro atoms. The van der Waals surface area contributed by atoms with E-state index >= 15 is 0 Å². The van der Waals surface area contributed by atoms with Crippen molar-refractivity contribution in [3.05, 3.63) is 0 Å². The molecule has 0 fully saturated rings. The van der Waals surface area contributed by atoms with Crippen molar-refractivity contribution in [3.8, 4) is 0 Å². The van der Waals surface area contributed by atoms with Gasteiger partial charge < -0.3 is 15.3 Å². The van der Waals surface area contributed by atoms with Gasteiger partial charge in [-0.05, 0) is 11.8 Å². The standard InChI is InChI=1S/C15H28N2O4/c1-7-9(3)12(15(20)21)16-14(19)13(10(4)8-2)17(6)11(5)18/h9-10,12-13H,7-8H2,1-6H3,(H,16,19)(H,20,21)/t9-,10-,12-,13-/m0/s1. The third-order valence-corrected chi connectivity index (χ3v) is 4.14. The molecule has 4 atom stereocenters. The number of hydrogen-bond acceptors (Lipinski definition) is 3. The van der Waals surface area contributed by atoms with E-state index in [1.165, 1.54) is 11.8 Å². The lowest BCUT2D eigenvalue weighted by atomic mass is 9.94. The van der Waals surface area contributed by atoms with Crippen molar-refractivity contribution in [2.75, 3.05) is 7.05 Å². The van der Waals surface area contributed by atoms with E-state index in [-0.39, 0.29) is 17.7 Å². The van der Waals surface area contributed by atoms with Crippen molar-refractivity contribution in [3.63, 3.8) is 0 Å². The molecule has 2 amide bonds. The van der Waals surface area contributed by atoms with E-state index in [9.17, 15) is 19.5 Å². The fourth-order valence-electron chi connectivity index (χ4n) is 2.16. The molecule has 122 valence electrons. The van der Waals surface area contributed by atoms with Crippen LogP contribution in [-0.4, -0.2) is 46.9 Å². The zero-order valence-corrected chi connectivity index (χ0v) is 13.8. The molecule has 0 unspecified atom stereocenters. The molecule has 0 aromatic heterocycles. The van der Waals surface area contributed by atoms with E-state index in [2.05, 4.69) is 5.32 Å². The van der Waals surface area contributed by atoms with Crippen molar-refractivity contribution < 1.29 is 19.5 Å². The largest absolute Gasteiger partial charge is 0.480 e. The van der Waals surface area contributed by atoms with Crippen LogP contribution in [-0.2, 0) is 14.4 Å². The average molecular weight is 300 g/mol. The van der Waals surface area contributed by atoms with E-state index in [1.54, 1.807) is 14.0 Å². The van der Waals surface area contributed by atoms with Gasteiger partial charge in [0, 0.05) is 14.0 Å².